The van der Waals surface area contributed by atoms with E-state index in [1.807, 2.05) is 0 Å². The number of ether oxygens (including phenoxy) is 1. The minimum atomic E-state index is -8.63. The summed E-state index contributed by atoms with van der Waals surface area (Å²) >= 11 is 0. The molecular weight excluding hydrogens is 607 g/mol. The van der Waals surface area contributed by atoms with Crippen LogP contribution in [0.3, 0.4) is 0 Å². The van der Waals surface area contributed by atoms with E-state index in [2.05, 4.69) is 0 Å². The molecule has 0 N–H and O–H groups in total. The number of unbranched alkanes of at least 4 members (excludes halogenated alkanes) is 3. The van der Waals surface area contributed by atoms with Crippen LogP contribution in [-0.4, -0.2) is 60.2 Å². The number of alkyl halides is 17. The third-order valence-corrected chi connectivity index (χ3v) is 5.41. The maximum absolute atomic E-state index is 13.8. The van der Waals surface area contributed by atoms with Crippen molar-refractivity contribution >= 4 is 5.97 Å². The lowest BCUT2D eigenvalue weighted by atomic mass is 9.88. The Hall–Kier alpha value is -2.50. The highest BCUT2D eigenvalue weighted by Crippen LogP contribution is 2.64. The number of carbonyl (C=O) groups is 1. The Bertz CT molecular complexity index is 987. The number of carbonyl (C=O) groups excluding carboxylic acids is 1. The largest absolute Gasteiger partial charge is 0.462 e. The molecule has 2 nitrogen and oxygen atoms in total. The molecule has 0 saturated carbocycles. The van der Waals surface area contributed by atoms with E-state index in [1.165, 1.54) is 24.3 Å². The lowest BCUT2D eigenvalue weighted by Crippen LogP contribution is -2.74. The summed E-state index contributed by atoms with van der Waals surface area (Å²) in [5.74, 6) is -57.0. The van der Waals surface area contributed by atoms with Gasteiger partial charge in [0, 0.05) is 6.42 Å². The molecule has 0 aliphatic heterocycles. The van der Waals surface area contributed by atoms with Gasteiger partial charge in [-0.3, -0.25) is 0 Å². The Balaban J connectivity index is 2.93. The van der Waals surface area contributed by atoms with Gasteiger partial charge in [-0.15, -0.1) is 0 Å². The van der Waals surface area contributed by atoms with Crippen molar-refractivity contribution in [3.63, 3.8) is 0 Å². The zero-order valence-electron chi connectivity index (χ0n) is 19.4. The summed E-state index contributed by atoms with van der Waals surface area (Å²) in [6.07, 6.45) is -12.4. The molecule has 0 bridgehead atoms. The molecule has 1 aromatic carbocycles. The summed E-state index contributed by atoms with van der Waals surface area (Å²) in [6, 6.07) is 7.26. The van der Waals surface area contributed by atoms with Gasteiger partial charge in [0.1, 0.15) is 0 Å². The summed E-state index contributed by atoms with van der Waals surface area (Å²) in [5, 5.41) is 0. The van der Waals surface area contributed by atoms with Crippen molar-refractivity contribution in [2.75, 3.05) is 6.61 Å². The van der Waals surface area contributed by atoms with E-state index in [-0.39, 0.29) is 25.0 Å². The van der Waals surface area contributed by atoms with Crippen LogP contribution in [0.2, 0.25) is 0 Å². The van der Waals surface area contributed by atoms with Gasteiger partial charge in [-0.25, -0.2) is 4.79 Å². The van der Waals surface area contributed by atoms with Crippen LogP contribution < -0.4 is 0 Å². The SMILES string of the molecule is O=C(OCCCCCCC(F)(F)C(F)(F)C(F)(F)C(F)(F)C(F)(F)C(F)(F)C(F)(F)C(F)(F)F)c1ccccc1. The maximum atomic E-state index is 13.8. The zero-order valence-corrected chi connectivity index (χ0v) is 19.4. The fraction of sp³-hybridized carbons (Fsp3) is 0.667. The minimum Gasteiger partial charge on any atom is -0.462 e. The van der Waals surface area contributed by atoms with Crippen LogP contribution in [0, 0.1) is 0 Å². The van der Waals surface area contributed by atoms with E-state index >= 15 is 0 Å². The first kappa shape index (κ1) is 35.5. The van der Waals surface area contributed by atoms with E-state index in [1.54, 1.807) is 6.07 Å². The molecule has 0 radical (unpaired) electrons. The molecule has 40 heavy (non-hydrogen) atoms. The molecule has 0 aromatic heterocycles. The van der Waals surface area contributed by atoms with Crippen molar-refractivity contribution in [1.82, 2.24) is 0 Å². The highest BCUT2D eigenvalue weighted by molar-refractivity contribution is 5.89. The Labute approximate surface area is 213 Å². The summed E-state index contributed by atoms with van der Waals surface area (Å²) in [4.78, 5) is 11.7. The van der Waals surface area contributed by atoms with Gasteiger partial charge in [0.2, 0.25) is 0 Å². The van der Waals surface area contributed by atoms with Crippen LogP contribution >= 0.6 is 0 Å². The number of benzene rings is 1. The molecule has 232 valence electrons. The average molecular weight is 624 g/mol. The molecule has 19 heteroatoms. The van der Waals surface area contributed by atoms with Crippen molar-refractivity contribution in [3.05, 3.63) is 35.9 Å². The molecule has 0 unspecified atom stereocenters. The monoisotopic (exact) mass is 624 g/mol. The smallest absolute Gasteiger partial charge is 0.460 e. The van der Waals surface area contributed by atoms with Crippen LogP contribution in [0.4, 0.5) is 74.6 Å². The number of rotatable bonds is 14. The Kier molecular flexibility index (Phi) is 10.1. The predicted octanol–water partition coefficient (Wildman–Crippen LogP) is 8.80. The summed E-state index contributed by atoms with van der Waals surface area (Å²) in [5.41, 5.74) is 0.118. The molecular formula is C21H17F17O2. The van der Waals surface area contributed by atoms with Crippen molar-refractivity contribution in [2.24, 2.45) is 0 Å². The second kappa shape index (κ2) is 11.4. The lowest BCUT2D eigenvalue weighted by molar-refractivity contribution is -0.461. The molecule has 0 saturated heterocycles. The number of esters is 1. The highest BCUT2D eigenvalue weighted by atomic mass is 19.4. The molecule has 0 atom stereocenters. The van der Waals surface area contributed by atoms with Crippen molar-refractivity contribution in [1.29, 1.82) is 0 Å². The van der Waals surface area contributed by atoms with E-state index in [0.717, 1.165) is 0 Å². The number of hydrogen-bond donors (Lipinski definition) is 0. The van der Waals surface area contributed by atoms with Gasteiger partial charge < -0.3 is 4.74 Å². The minimum absolute atomic E-state index is 0.118. The first-order chi connectivity index (χ1) is 17.7. The summed E-state index contributed by atoms with van der Waals surface area (Å²) in [7, 11) is 0. The van der Waals surface area contributed by atoms with Crippen LogP contribution in [0.25, 0.3) is 0 Å². The fourth-order valence-electron chi connectivity index (χ4n) is 2.98. The summed E-state index contributed by atoms with van der Waals surface area (Å²) in [6.45, 7) is -0.351. The number of hydrogen-bond acceptors (Lipinski definition) is 2. The normalized spacial score (nSPS) is 14.8. The standard InChI is InChI=1S/C21H17F17O2/c22-14(23,10-6-1-2-7-11-40-13(39)12-8-4-3-5-9-12)15(24,25)16(26,27)17(28,29)18(30,31)19(32,33)20(34,35)21(36,37)38/h3-5,8-9H,1-2,6-7,10-11H2. The van der Waals surface area contributed by atoms with Gasteiger partial charge >= 0.3 is 53.6 Å². The average Bonchev–Trinajstić information content (AvgIpc) is 2.82. The topological polar surface area (TPSA) is 26.3 Å². The quantitative estimate of drug-likeness (QED) is 0.118. The zero-order chi connectivity index (χ0) is 31.6. The molecule has 1 aromatic rings. The Morgan fingerprint density at radius 3 is 1.38 bits per heavy atom. The Morgan fingerprint density at radius 1 is 0.525 bits per heavy atom. The van der Waals surface area contributed by atoms with Gasteiger partial charge in [0.15, 0.2) is 0 Å². The lowest BCUT2D eigenvalue weighted by Gasteiger charge is -2.42. The van der Waals surface area contributed by atoms with Crippen LogP contribution in [-0.2, 0) is 4.74 Å². The van der Waals surface area contributed by atoms with E-state index < -0.39 is 72.9 Å². The first-order valence-electron chi connectivity index (χ1n) is 10.7. The summed E-state index contributed by atoms with van der Waals surface area (Å²) < 4.78 is 230. The van der Waals surface area contributed by atoms with Gasteiger partial charge in [-0.05, 0) is 25.0 Å². The van der Waals surface area contributed by atoms with Gasteiger partial charge in [-0.2, -0.15) is 74.6 Å². The third kappa shape index (κ3) is 6.06. The van der Waals surface area contributed by atoms with Crippen molar-refractivity contribution < 1.29 is 84.2 Å². The molecule has 0 amide bonds. The van der Waals surface area contributed by atoms with Crippen LogP contribution in [0.1, 0.15) is 42.5 Å². The molecule has 0 heterocycles. The van der Waals surface area contributed by atoms with Gasteiger partial charge in [0.05, 0.1) is 12.2 Å². The van der Waals surface area contributed by atoms with Gasteiger partial charge in [-0.1, -0.05) is 31.0 Å². The molecule has 0 aliphatic rings. The van der Waals surface area contributed by atoms with Gasteiger partial charge in [0.25, 0.3) is 0 Å². The predicted molar refractivity (Wildman–Crippen MR) is 100 cm³/mol. The second-order valence-electron chi connectivity index (χ2n) is 8.31. The molecule has 0 fully saturated rings. The molecule has 0 aliphatic carbocycles. The van der Waals surface area contributed by atoms with Crippen LogP contribution in [0.15, 0.2) is 30.3 Å². The highest BCUT2D eigenvalue weighted by Gasteiger charge is 2.95. The van der Waals surface area contributed by atoms with E-state index in [9.17, 15) is 79.4 Å². The molecule has 1 rings (SSSR count). The van der Waals surface area contributed by atoms with E-state index in [0.29, 0.717) is 0 Å². The third-order valence-electron chi connectivity index (χ3n) is 5.41. The van der Waals surface area contributed by atoms with Crippen molar-refractivity contribution in [3.8, 4) is 0 Å². The Morgan fingerprint density at radius 2 is 0.925 bits per heavy atom. The van der Waals surface area contributed by atoms with Crippen LogP contribution in [0.5, 0.6) is 0 Å². The maximum Gasteiger partial charge on any atom is 0.460 e. The first-order valence-corrected chi connectivity index (χ1v) is 10.7. The molecule has 0 spiro atoms. The second-order valence-corrected chi connectivity index (χ2v) is 8.31. The number of halogens is 17. The van der Waals surface area contributed by atoms with Crippen molar-refractivity contribution in [2.45, 2.75) is 79.7 Å². The fourth-order valence-corrected chi connectivity index (χ4v) is 2.98. The van der Waals surface area contributed by atoms with E-state index in [4.69, 9.17) is 4.74 Å².